The van der Waals surface area contributed by atoms with Crippen LogP contribution in [0.25, 0.3) is 0 Å². The lowest BCUT2D eigenvalue weighted by Crippen LogP contribution is -2.20. The van der Waals surface area contributed by atoms with E-state index in [1.54, 1.807) is 24.3 Å². The second-order valence-electron chi connectivity index (χ2n) is 5.47. The summed E-state index contributed by atoms with van der Waals surface area (Å²) in [7, 11) is 0. The van der Waals surface area contributed by atoms with E-state index in [9.17, 15) is 19.5 Å². The highest BCUT2D eigenvalue weighted by molar-refractivity contribution is 6.05. The quantitative estimate of drug-likeness (QED) is 0.813. The Morgan fingerprint density at radius 1 is 0.840 bits per heavy atom. The Bertz CT molecular complexity index is 839. The fraction of sp³-hybridized carbons (Fsp3) is 0.105. The minimum Gasteiger partial charge on any atom is -0.545 e. The zero-order valence-electron chi connectivity index (χ0n) is 13.8. The lowest BCUT2D eigenvalue weighted by molar-refractivity contribution is -0.297. The van der Waals surface area contributed by atoms with Gasteiger partial charge in [0.1, 0.15) is 0 Å². The Balaban J connectivity index is 2.01. The van der Waals surface area contributed by atoms with Gasteiger partial charge in [-0.1, -0.05) is 6.07 Å². The van der Waals surface area contributed by atoms with E-state index in [2.05, 4.69) is 10.6 Å². The number of anilines is 2. The van der Waals surface area contributed by atoms with Crippen LogP contribution >= 0.6 is 0 Å². The van der Waals surface area contributed by atoms with Crippen LogP contribution in [0.1, 0.15) is 21.5 Å². The van der Waals surface area contributed by atoms with Crippen LogP contribution in [0, 0.1) is 13.8 Å². The van der Waals surface area contributed by atoms with E-state index in [0.717, 1.165) is 17.2 Å². The van der Waals surface area contributed by atoms with Crippen molar-refractivity contribution in [1.29, 1.82) is 0 Å². The minimum atomic E-state index is -1.45. The monoisotopic (exact) mass is 337 g/mol. The molecule has 0 fully saturated rings. The predicted molar refractivity (Wildman–Crippen MR) is 93.1 cm³/mol. The Morgan fingerprint density at radius 3 is 2.08 bits per heavy atom. The third-order valence-electron chi connectivity index (χ3n) is 3.55. The molecule has 25 heavy (non-hydrogen) atoms. The van der Waals surface area contributed by atoms with E-state index in [0.29, 0.717) is 23.0 Å². The summed E-state index contributed by atoms with van der Waals surface area (Å²) in [6.45, 7) is 3.97. The molecule has 0 aliphatic carbocycles. The molecule has 0 aliphatic heterocycles. The maximum absolute atomic E-state index is 12.2. The number of benzene rings is 2. The molecule has 0 saturated carbocycles. The molecule has 0 radical (unpaired) electrons. The molecule has 2 aromatic carbocycles. The van der Waals surface area contributed by atoms with Crippen molar-refractivity contribution in [3.05, 3.63) is 71.3 Å². The number of carbonyl (C=O) groups is 3. The number of nitrogens with one attached hydrogen (secondary N) is 2. The van der Waals surface area contributed by atoms with E-state index in [-0.39, 0.29) is 5.91 Å². The van der Waals surface area contributed by atoms with Crippen LogP contribution in [0.4, 0.5) is 11.4 Å². The van der Waals surface area contributed by atoms with Crippen molar-refractivity contribution in [2.75, 3.05) is 10.6 Å². The number of carboxylic acid groups (broad SMARTS) is 1. The zero-order chi connectivity index (χ0) is 18.4. The van der Waals surface area contributed by atoms with E-state index >= 15 is 0 Å². The first-order chi connectivity index (χ1) is 11.8. The summed E-state index contributed by atoms with van der Waals surface area (Å²) < 4.78 is 0. The van der Waals surface area contributed by atoms with Crippen LogP contribution in [0.3, 0.4) is 0 Å². The number of rotatable bonds is 5. The summed E-state index contributed by atoms with van der Waals surface area (Å²) in [5.41, 5.74) is 3.81. The average molecular weight is 337 g/mol. The van der Waals surface area contributed by atoms with Gasteiger partial charge in [-0.05, 0) is 67.4 Å². The molecule has 2 rings (SSSR count). The molecule has 6 nitrogen and oxygen atoms in total. The van der Waals surface area contributed by atoms with Gasteiger partial charge in [-0.3, -0.25) is 9.59 Å². The third kappa shape index (κ3) is 5.31. The summed E-state index contributed by atoms with van der Waals surface area (Å²) in [5.74, 6) is -2.32. The normalized spacial score (nSPS) is 10.5. The van der Waals surface area contributed by atoms with Gasteiger partial charge in [0.15, 0.2) is 0 Å². The minimum absolute atomic E-state index is 0.266. The predicted octanol–water partition coefficient (Wildman–Crippen LogP) is 1.80. The molecular weight excluding hydrogens is 320 g/mol. The largest absolute Gasteiger partial charge is 0.545 e. The molecule has 0 saturated heterocycles. The zero-order valence-corrected chi connectivity index (χ0v) is 13.8. The molecule has 2 aromatic rings. The molecule has 0 bridgehead atoms. The number of amides is 2. The smallest absolute Gasteiger partial charge is 0.255 e. The molecule has 6 heteroatoms. The molecule has 0 atom stereocenters. The summed E-state index contributed by atoms with van der Waals surface area (Å²) in [4.78, 5) is 34.0. The van der Waals surface area contributed by atoms with Crippen LogP contribution in [0.2, 0.25) is 0 Å². The lowest BCUT2D eigenvalue weighted by atomic mass is 10.1. The molecule has 0 heterocycles. The van der Waals surface area contributed by atoms with Crippen LogP contribution in [-0.2, 0) is 9.59 Å². The van der Waals surface area contributed by atoms with Crippen molar-refractivity contribution >= 4 is 29.2 Å². The van der Waals surface area contributed by atoms with Gasteiger partial charge in [-0.2, -0.15) is 0 Å². The topological polar surface area (TPSA) is 98.3 Å². The number of hydrogen-bond acceptors (Lipinski definition) is 4. The Kier molecular flexibility index (Phi) is 5.68. The molecule has 0 aliphatic rings. The number of carboxylic acids is 1. The highest BCUT2D eigenvalue weighted by atomic mass is 16.4. The first-order valence-electron chi connectivity index (χ1n) is 7.54. The fourth-order valence-electron chi connectivity index (χ4n) is 2.06. The molecule has 0 unspecified atom stereocenters. The van der Waals surface area contributed by atoms with Gasteiger partial charge in [0, 0.05) is 23.0 Å². The van der Waals surface area contributed by atoms with Crippen molar-refractivity contribution in [1.82, 2.24) is 0 Å². The van der Waals surface area contributed by atoms with E-state index in [4.69, 9.17) is 0 Å². The summed E-state index contributed by atoms with van der Waals surface area (Å²) in [6.07, 6.45) is 1.50. The van der Waals surface area contributed by atoms with Gasteiger partial charge in [0.25, 0.3) is 5.91 Å². The maximum Gasteiger partial charge on any atom is 0.255 e. The van der Waals surface area contributed by atoms with Crippen molar-refractivity contribution in [2.45, 2.75) is 13.8 Å². The summed E-state index contributed by atoms with van der Waals surface area (Å²) in [6, 6.07) is 11.9. The molecule has 0 aromatic heterocycles. The van der Waals surface area contributed by atoms with Gasteiger partial charge < -0.3 is 20.5 Å². The number of carbonyl (C=O) groups excluding carboxylic acids is 3. The molecule has 2 N–H and O–H groups in total. The highest BCUT2D eigenvalue weighted by Crippen LogP contribution is 2.16. The van der Waals surface area contributed by atoms with Gasteiger partial charge in [-0.15, -0.1) is 0 Å². The number of aryl methyl sites for hydroxylation is 2. The van der Waals surface area contributed by atoms with E-state index < -0.39 is 11.9 Å². The first kappa shape index (κ1) is 17.9. The van der Waals surface area contributed by atoms with Crippen molar-refractivity contribution in [2.24, 2.45) is 0 Å². The maximum atomic E-state index is 12.2. The van der Waals surface area contributed by atoms with Crippen molar-refractivity contribution < 1.29 is 19.5 Å². The molecule has 0 spiro atoms. The SMILES string of the molecule is Cc1ccc(NC(=O)c2ccc(NC(=O)/C=C\C(=O)[O-])cc2)cc1C. The van der Waals surface area contributed by atoms with Crippen LogP contribution < -0.4 is 15.7 Å². The first-order valence-corrected chi connectivity index (χ1v) is 7.54. The summed E-state index contributed by atoms with van der Waals surface area (Å²) >= 11 is 0. The standard InChI is InChI=1S/C19H18N2O4/c1-12-3-6-16(11-13(12)2)21-19(25)14-4-7-15(8-5-14)20-17(22)9-10-18(23)24/h3-11H,1-2H3,(H,20,22)(H,21,25)(H,23,24)/p-1/b10-9-. The Morgan fingerprint density at radius 2 is 1.48 bits per heavy atom. The molecule has 128 valence electrons. The molecule has 2 amide bonds. The van der Waals surface area contributed by atoms with E-state index in [1.807, 2.05) is 32.0 Å². The van der Waals surface area contributed by atoms with Crippen LogP contribution in [0.5, 0.6) is 0 Å². The lowest BCUT2D eigenvalue weighted by Gasteiger charge is -2.08. The Labute approximate surface area is 145 Å². The second-order valence-corrected chi connectivity index (χ2v) is 5.47. The van der Waals surface area contributed by atoms with E-state index in [1.165, 1.54) is 0 Å². The van der Waals surface area contributed by atoms with Crippen LogP contribution in [0.15, 0.2) is 54.6 Å². The molecular formula is C19H17N2O4-. The van der Waals surface area contributed by atoms with Gasteiger partial charge >= 0.3 is 0 Å². The third-order valence-corrected chi connectivity index (χ3v) is 3.55. The highest BCUT2D eigenvalue weighted by Gasteiger charge is 2.07. The number of hydrogen-bond donors (Lipinski definition) is 2. The fourth-order valence-corrected chi connectivity index (χ4v) is 2.06. The Hall–Kier alpha value is -3.41. The van der Waals surface area contributed by atoms with Gasteiger partial charge in [0.2, 0.25) is 5.91 Å². The van der Waals surface area contributed by atoms with Gasteiger partial charge in [-0.25, -0.2) is 0 Å². The van der Waals surface area contributed by atoms with Crippen molar-refractivity contribution in [3.8, 4) is 0 Å². The van der Waals surface area contributed by atoms with Gasteiger partial charge in [0.05, 0.1) is 5.97 Å². The summed E-state index contributed by atoms with van der Waals surface area (Å²) in [5, 5.41) is 15.5. The van der Waals surface area contributed by atoms with Crippen LogP contribution in [-0.4, -0.2) is 17.8 Å². The van der Waals surface area contributed by atoms with Crippen molar-refractivity contribution in [3.63, 3.8) is 0 Å². The second kappa shape index (κ2) is 7.92. The number of aliphatic carboxylic acids is 1. The average Bonchev–Trinajstić information content (AvgIpc) is 2.57.